The molecular weight excluding hydrogens is 214 g/mol. The van der Waals surface area contributed by atoms with Crippen LogP contribution in [0.5, 0.6) is 0 Å². The molecule has 0 radical (unpaired) electrons. The van der Waals surface area contributed by atoms with Crippen LogP contribution in [-0.2, 0) is 4.79 Å². The Morgan fingerprint density at radius 1 is 1.25 bits per heavy atom. The maximum Gasteiger partial charge on any atom is 0.331 e. The lowest BCUT2D eigenvalue weighted by molar-refractivity contribution is -0.132. The second kappa shape index (κ2) is 7.34. The summed E-state index contributed by atoms with van der Waals surface area (Å²) >= 11 is 0. The third-order valence-corrected chi connectivity index (χ3v) is 2.39. The Bertz CT molecular complexity index is 239. The Hall–Kier alpha value is -0.950. The molecule has 94 valence electrons. The zero-order valence-electron chi connectivity index (χ0n) is 9.31. The van der Waals surface area contributed by atoms with Crippen molar-refractivity contribution in [1.82, 2.24) is 5.32 Å². The maximum atomic E-state index is 10.7. The summed E-state index contributed by atoms with van der Waals surface area (Å²) in [7, 11) is 0. The minimum Gasteiger partial charge on any atom is -0.478 e. The smallest absolute Gasteiger partial charge is 0.331 e. The number of hydrogen-bond donors (Lipinski definition) is 5. The van der Waals surface area contributed by atoms with Crippen molar-refractivity contribution in [2.45, 2.75) is 18.9 Å². The summed E-state index contributed by atoms with van der Waals surface area (Å²) in [6.07, 6.45) is 1.85. The molecule has 6 nitrogen and oxygen atoms in total. The van der Waals surface area contributed by atoms with E-state index in [1.165, 1.54) is 6.08 Å². The Labute approximate surface area is 94.2 Å². The number of aliphatic hydroxyl groups is 3. The lowest BCUT2D eigenvalue weighted by Crippen LogP contribution is -2.54. The first-order valence-corrected chi connectivity index (χ1v) is 5.05. The fourth-order valence-electron chi connectivity index (χ4n) is 1.09. The van der Waals surface area contributed by atoms with E-state index in [2.05, 4.69) is 5.32 Å². The average Bonchev–Trinajstić information content (AvgIpc) is 2.30. The second-order valence-electron chi connectivity index (χ2n) is 3.52. The fraction of sp³-hybridized carbons (Fsp3) is 0.700. The van der Waals surface area contributed by atoms with Crippen molar-refractivity contribution in [2.75, 3.05) is 26.4 Å². The summed E-state index contributed by atoms with van der Waals surface area (Å²) in [6, 6.07) is 0. The van der Waals surface area contributed by atoms with Crippen LogP contribution >= 0.6 is 0 Å². The summed E-state index contributed by atoms with van der Waals surface area (Å²) in [5.41, 5.74) is -0.927. The molecule has 0 aromatic heterocycles. The van der Waals surface area contributed by atoms with Crippen molar-refractivity contribution >= 4 is 5.97 Å². The third kappa shape index (κ3) is 4.28. The molecule has 0 amide bonds. The minimum atomic E-state index is -1.17. The van der Waals surface area contributed by atoms with E-state index in [4.69, 9.17) is 20.4 Å². The number of carbonyl (C=O) groups is 1. The van der Waals surface area contributed by atoms with Crippen molar-refractivity contribution in [1.29, 1.82) is 0 Å². The molecular formula is C10H19NO5. The van der Waals surface area contributed by atoms with Gasteiger partial charge >= 0.3 is 5.97 Å². The van der Waals surface area contributed by atoms with Crippen molar-refractivity contribution in [3.05, 3.63) is 11.6 Å². The number of rotatable bonds is 8. The quantitative estimate of drug-likeness (QED) is 0.334. The van der Waals surface area contributed by atoms with Crippen molar-refractivity contribution < 1.29 is 25.2 Å². The Balaban J connectivity index is 4.37. The van der Waals surface area contributed by atoms with E-state index in [1.807, 2.05) is 0 Å². The highest BCUT2D eigenvalue weighted by atomic mass is 16.4. The number of nitrogens with one attached hydrogen (secondary N) is 1. The number of hydrogen-bond acceptors (Lipinski definition) is 5. The lowest BCUT2D eigenvalue weighted by Gasteiger charge is -2.28. The summed E-state index contributed by atoms with van der Waals surface area (Å²) < 4.78 is 0. The maximum absolute atomic E-state index is 10.7. The van der Waals surface area contributed by atoms with Crippen LogP contribution in [0, 0.1) is 0 Å². The molecule has 5 N–H and O–H groups in total. The topological polar surface area (TPSA) is 110 Å². The zero-order valence-corrected chi connectivity index (χ0v) is 9.31. The molecule has 0 aromatic carbocycles. The van der Waals surface area contributed by atoms with E-state index < -0.39 is 31.3 Å². The predicted octanol–water partition coefficient (Wildman–Crippen LogP) is -1.29. The van der Waals surface area contributed by atoms with Crippen molar-refractivity contribution in [3.63, 3.8) is 0 Å². The largest absolute Gasteiger partial charge is 0.478 e. The molecule has 0 fully saturated rings. The molecule has 16 heavy (non-hydrogen) atoms. The van der Waals surface area contributed by atoms with Crippen molar-refractivity contribution in [3.8, 4) is 0 Å². The molecule has 0 aliphatic carbocycles. The van der Waals surface area contributed by atoms with E-state index in [1.54, 1.807) is 6.92 Å². The van der Waals surface area contributed by atoms with Gasteiger partial charge in [-0.2, -0.15) is 0 Å². The van der Waals surface area contributed by atoms with Crippen LogP contribution in [0.25, 0.3) is 0 Å². The van der Waals surface area contributed by atoms with Crippen LogP contribution < -0.4 is 5.32 Å². The number of aliphatic carboxylic acids is 1. The van der Waals surface area contributed by atoms with Gasteiger partial charge < -0.3 is 25.7 Å². The van der Waals surface area contributed by atoms with Crippen LogP contribution in [0.15, 0.2) is 11.6 Å². The molecule has 0 aromatic rings. The van der Waals surface area contributed by atoms with Gasteiger partial charge in [-0.1, -0.05) is 13.0 Å². The van der Waals surface area contributed by atoms with Gasteiger partial charge in [0, 0.05) is 12.1 Å². The Morgan fingerprint density at radius 3 is 2.06 bits per heavy atom. The van der Waals surface area contributed by atoms with E-state index in [9.17, 15) is 4.79 Å². The van der Waals surface area contributed by atoms with Gasteiger partial charge in [0.25, 0.3) is 0 Å². The van der Waals surface area contributed by atoms with Crippen molar-refractivity contribution in [2.24, 2.45) is 0 Å². The first kappa shape index (κ1) is 15.0. The van der Waals surface area contributed by atoms with Crippen LogP contribution in [0.3, 0.4) is 0 Å². The molecule has 0 spiro atoms. The van der Waals surface area contributed by atoms with Crippen LogP contribution in [0.2, 0.25) is 0 Å². The summed E-state index contributed by atoms with van der Waals surface area (Å²) in [5, 5.41) is 38.4. The fourth-order valence-corrected chi connectivity index (χ4v) is 1.09. The summed E-state index contributed by atoms with van der Waals surface area (Å²) in [4.78, 5) is 10.7. The van der Waals surface area contributed by atoms with E-state index in [0.717, 1.165) is 0 Å². The Morgan fingerprint density at radius 2 is 1.75 bits per heavy atom. The molecule has 0 aliphatic rings. The molecule has 0 saturated carbocycles. The number of aliphatic hydroxyl groups excluding tert-OH is 3. The number of carboxylic acids is 1. The van der Waals surface area contributed by atoms with E-state index in [0.29, 0.717) is 6.42 Å². The third-order valence-electron chi connectivity index (χ3n) is 2.39. The number of carboxylic acid groups (broad SMARTS) is 1. The summed E-state index contributed by atoms with van der Waals surface area (Å²) in [6.45, 7) is 0.599. The van der Waals surface area contributed by atoms with Gasteiger partial charge in [-0.3, -0.25) is 0 Å². The van der Waals surface area contributed by atoms with Gasteiger partial charge in [-0.15, -0.1) is 0 Å². The van der Waals surface area contributed by atoms with Gasteiger partial charge in [-0.05, 0) is 6.42 Å². The van der Waals surface area contributed by atoms with E-state index >= 15 is 0 Å². The van der Waals surface area contributed by atoms with Gasteiger partial charge in [0.15, 0.2) is 0 Å². The van der Waals surface area contributed by atoms with Crippen LogP contribution in [0.1, 0.15) is 13.3 Å². The molecule has 0 unspecified atom stereocenters. The highest BCUT2D eigenvalue weighted by molar-refractivity contribution is 5.86. The average molecular weight is 233 g/mol. The second-order valence-corrected chi connectivity index (χ2v) is 3.52. The SMILES string of the molecule is CCC(=CCNC(CO)(CO)CO)C(=O)O. The monoisotopic (exact) mass is 233 g/mol. The standard InChI is InChI=1S/C10H19NO5/c1-2-8(9(15)16)3-4-11-10(5-12,6-13)7-14/h3,11-14H,2,4-7H2,1H3,(H,15,16). The predicted molar refractivity (Wildman–Crippen MR) is 58.0 cm³/mol. The highest BCUT2D eigenvalue weighted by Gasteiger charge is 2.26. The molecule has 0 bridgehead atoms. The first-order chi connectivity index (χ1) is 7.55. The lowest BCUT2D eigenvalue weighted by atomic mass is 10.0. The van der Waals surface area contributed by atoms with Crippen LogP contribution in [-0.4, -0.2) is 58.3 Å². The minimum absolute atomic E-state index is 0.164. The summed E-state index contributed by atoms with van der Waals surface area (Å²) in [5.74, 6) is -0.994. The van der Waals surface area contributed by atoms with Gasteiger partial charge in [0.05, 0.1) is 25.4 Å². The first-order valence-electron chi connectivity index (χ1n) is 5.05. The normalized spacial score (nSPS) is 12.9. The molecule has 0 rings (SSSR count). The van der Waals surface area contributed by atoms with Gasteiger partial charge in [0.2, 0.25) is 0 Å². The highest BCUT2D eigenvalue weighted by Crippen LogP contribution is 2.03. The van der Waals surface area contributed by atoms with Gasteiger partial charge in [-0.25, -0.2) is 4.79 Å². The molecule has 0 atom stereocenters. The Kier molecular flexibility index (Phi) is 6.91. The molecule has 0 heterocycles. The van der Waals surface area contributed by atoms with Gasteiger partial charge in [0.1, 0.15) is 0 Å². The zero-order chi connectivity index (χ0) is 12.6. The molecule has 6 heteroatoms. The molecule has 0 aliphatic heterocycles. The molecule has 0 saturated heterocycles. The van der Waals surface area contributed by atoms with E-state index in [-0.39, 0.29) is 12.1 Å². The van der Waals surface area contributed by atoms with Crippen LogP contribution in [0.4, 0.5) is 0 Å².